The van der Waals surface area contributed by atoms with Crippen molar-refractivity contribution < 1.29 is 9.11 Å². The van der Waals surface area contributed by atoms with Gasteiger partial charge in [-0.3, -0.25) is 9.11 Å². The summed E-state index contributed by atoms with van der Waals surface area (Å²) in [6.45, 7) is 1.80. The van der Waals surface area contributed by atoms with Crippen LogP contribution in [0.25, 0.3) is 0 Å². The van der Waals surface area contributed by atoms with Crippen LogP contribution in [0.2, 0.25) is 0 Å². The van der Waals surface area contributed by atoms with E-state index in [1.165, 1.54) is 19.3 Å². The van der Waals surface area contributed by atoms with E-state index in [0.29, 0.717) is 11.8 Å². The quantitative estimate of drug-likeness (QED) is 0.645. The summed E-state index contributed by atoms with van der Waals surface area (Å²) >= 11 is 0. The molecule has 0 atom stereocenters. The minimum absolute atomic E-state index is 0.337. The van der Waals surface area contributed by atoms with Crippen LogP contribution in [-0.4, -0.2) is 20.9 Å². The fraction of sp³-hybridized carbons (Fsp3) is 1.00. The number of nitrogens with one attached hydrogen (secondary N) is 1. The van der Waals surface area contributed by atoms with Gasteiger partial charge in [0.1, 0.15) is 0 Å². The highest BCUT2D eigenvalue weighted by Crippen LogP contribution is 2.35. The van der Waals surface area contributed by atoms with E-state index >= 15 is 0 Å². The van der Waals surface area contributed by atoms with Crippen LogP contribution >= 0.6 is 10.8 Å². The third kappa shape index (κ3) is 3.31. The molecule has 1 aliphatic rings. The van der Waals surface area contributed by atoms with Crippen LogP contribution in [0, 0.1) is 0 Å². The molecule has 0 heterocycles. The third-order valence-electron chi connectivity index (χ3n) is 2.36. The first kappa shape index (κ1) is 10.3. The summed E-state index contributed by atoms with van der Waals surface area (Å²) in [7, 11) is -2.47. The highest BCUT2D eigenvalue weighted by Gasteiger charge is 2.18. The van der Waals surface area contributed by atoms with Crippen molar-refractivity contribution in [2.75, 3.05) is 5.75 Å². The Kier molecular flexibility index (Phi) is 3.83. The Morgan fingerprint density at radius 1 is 1.25 bits per heavy atom. The average Bonchev–Trinajstić information content (AvgIpc) is 2.06. The summed E-state index contributed by atoms with van der Waals surface area (Å²) < 4.78 is 21.7. The predicted octanol–water partition coefficient (Wildman–Crippen LogP) is 2.59. The van der Waals surface area contributed by atoms with Gasteiger partial charge < -0.3 is 0 Å². The van der Waals surface area contributed by atoms with Crippen molar-refractivity contribution in [1.82, 2.24) is 4.72 Å². The molecule has 0 unspecified atom stereocenters. The van der Waals surface area contributed by atoms with Gasteiger partial charge in [0.05, 0.1) is 0 Å². The second-order valence-corrected chi connectivity index (χ2v) is 5.55. The highest BCUT2D eigenvalue weighted by atomic mass is 32.3. The molecule has 0 aromatic rings. The zero-order chi connectivity index (χ0) is 9.03. The fourth-order valence-electron chi connectivity index (χ4n) is 1.57. The van der Waals surface area contributed by atoms with Gasteiger partial charge in [-0.05, 0) is 19.8 Å². The Morgan fingerprint density at radius 3 is 2.33 bits per heavy atom. The predicted molar refractivity (Wildman–Crippen MR) is 53.4 cm³/mol. The smallest absolute Gasteiger partial charge is 0.0500 e. The van der Waals surface area contributed by atoms with E-state index in [-0.39, 0.29) is 0 Å². The molecule has 1 rings (SSSR count). The largest absolute Gasteiger partial charge is 0.286 e. The second kappa shape index (κ2) is 4.46. The van der Waals surface area contributed by atoms with Crippen molar-refractivity contribution in [2.24, 2.45) is 0 Å². The first-order valence-corrected chi connectivity index (χ1v) is 6.39. The van der Waals surface area contributed by atoms with Crippen LogP contribution in [0.1, 0.15) is 39.0 Å². The van der Waals surface area contributed by atoms with Gasteiger partial charge in [-0.15, -0.1) is 10.8 Å². The van der Waals surface area contributed by atoms with Crippen LogP contribution < -0.4 is 4.72 Å². The molecule has 74 valence electrons. The van der Waals surface area contributed by atoms with Crippen molar-refractivity contribution in [2.45, 2.75) is 45.1 Å². The van der Waals surface area contributed by atoms with Crippen molar-refractivity contribution >= 4 is 10.8 Å². The van der Waals surface area contributed by atoms with E-state index in [9.17, 15) is 9.11 Å². The molecule has 0 aliphatic heterocycles. The molecule has 1 fully saturated rings. The van der Waals surface area contributed by atoms with Gasteiger partial charge >= 0.3 is 0 Å². The molecule has 0 aromatic carbocycles. The van der Waals surface area contributed by atoms with Crippen LogP contribution in [-0.2, 0) is 0 Å². The summed E-state index contributed by atoms with van der Waals surface area (Å²) in [6, 6.07) is 0.337. The number of hydrogen-bond acceptors (Lipinski definition) is 3. The Bertz CT molecular complexity index is 135. The number of hydrogen-bond donors (Lipinski definition) is 3. The van der Waals surface area contributed by atoms with E-state index < -0.39 is 10.8 Å². The minimum atomic E-state index is -2.47. The van der Waals surface area contributed by atoms with Gasteiger partial charge in [0.25, 0.3) is 0 Å². The highest BCUT2D eigenvalue weighted by molar-refractivity contribution is 8.22. The summed E-state index contributed by atoms with van der Waals surface area (Å²) in [5.41, 5.74) is 0. The molecule has 12 heavy (non-hydrogen) atoms. The minimum Gasteiger partial charge on any atom is -0.286 e. The lowest BCUT2D eigenvalue weighted by molar-refractivity contribution is 0.388. The van der Waals surface area contributed by atoms with Crippen molar-refractivity contribution in [3.05, 3.63) is 0 Å². The Hall–Kier alpha value is 0.230. The normalized spacial score (nSPS) is 22.6. The van der Waals surface area contributed by atoms with Crippen molar-refractivity contribution in [1.29, 1.82) is 0 Å². The topological polar surface area (TPSA) is 52.5 Å². The molecule has 3 nitrogen and oxygen atoms in total. The molecule has 1 saturated carbocycles. The molecule has 0 spiro atoms. The van der Waals surface area contributed by atoms with Crippen LogP contribution in [0.3, 0.4) is 0 Å². The maximum Gasteiger partial charge on any atom is 0.0500 e. The van der Waals surface area contributed by atoms with Crippen molar-refractivity contribution in [3.8, 4) is 0 Å². The van der Waals surface area contributed by atoms with E-state index in [0.717, 1.165) is 12.8 Å². The molecule has 0 saturated heterocycles. The molecule has 0 amide bonds. The van der Waals surface area contributed by atoms with E-state index in [1.54, 1.807) is 6.92 Å². The zero-order valence-electron chi connectivity index (χ0n) is 7.62. The average molecular weight is 193 g/mol. The molecule has 4 heteroatoms. The molecule has 1 aliphatic carbocycles. The second-order valence-electron chi connectivity index (χ2n) is 3.41. The fourth-order valence-corrected chi connectivity index (χ4v) is 2.51. The van der Waals surface area contributed by atoms with E-state index in [1.807, 2.05) is 0 Å². The summed E-state index contributed by atoms with van der Waals surface area (Å²) in [5, 5.41) is 0. The van der Waals surface area contributed by atoms with Crippen LogP contribution in [0.15, 0.2) is 0 Å². The Balaban J connectivity index is 2.28. The number of rotatable bonds is 3. The van der Waals surface area contributed by atoms with Gasteiger partial charge in [0.2, 0.25) is 0 Å². The molecular weight excluding hydrogens is 174 g/mol. The SMILES string of the molecule is CCS(O)(O)NC1CCCCC1. The lowest BCUT2D eigenvalue weighted by Gasteiger charge is -2.37. The lowest BCUT2D eigenvalue weighted by atomic mass is 9.96. The van der Waals surface area contributed by atoms with Gasteiger partial charge in [0.15, 0.2) is 0 Å². The van der Waals surface area contributed by atoms with Gasteiger partial charge in [-0.25, -0.2) is 4.72 Å². The molecule has 0 bridgehead atoms. The summed E-state index contributed by atoms with van der Waals surface area (Å²) in [6.07, 6.45) is 5.92. The van der Waals surface area contributed by atoms with Crippen LogP contribution in [0.4, 0.5) is 0 Å². The molecular formula is C8H19NO2S. The lowest BCUT2D eigenvalue weighted by Crippen LogP contribution is -2.34. The zero-order valence-corrected chi connectivity index (χ0v) is 8.44. The summed E-state index contributed by atoms with van der Waals surface area (Å²) in [5.74, 6) is 0.420. The molecule has 3 N–H and O–H groups in total. The first-order valence-electron chi connectivity index (χ1n) is 4.67. The van der Waals surface area contributed by atoms with Crippen LogP contribution in [0.5, 0.6) is 0 Å². The molecule has 0 aromatic heterocycles. The summed E-state index contributed by atoms with van der Waals surface area (Å²) in [4.78, 5) is 0. The molecule has 0 radical (unpaired) electrons. The maximum atomic E-state index is 9.40. The van der Waals surface area contributed by atoms with Gasteiger partial charge in [-0.2, -0.15) is 0 Å². The van der Waals surface area contributed by atoms with E-state index in [2.05, 4.69) is 4.72 Å². The van der Waals surface area contributed by atoms with E-state index in [4.69, 9.17) is 0 Å². The standard InChI is InChI=1S/C8H19NO2S/c1-2-12(10,11)9-8-6-4-3-5-7-8/h8-11H,2-7H2,1H3. The first-order chi connectivity index (χ1) is 5.64. The maximum absolute atomic E-state index is 9.40. The van der Waals surface area contributed by atoms with Gasteiger partial charge in [-0.1, -0.05) is 19.3 Å². The Morgan fingerprint density at radius 2 is 1.83 bits per heavy atom. The third-order valence-corrected chi connectivity index (χ3v) is 3.88. The Labute approximate surface area is 76.0 Å². The van der Waals surface area contributed by atoms with Crippen molar-refractivity contribution in [3.63, 3.8) is 0 Å². The monoisotopic (exact) mass is 193 g/mol. The van der Waals surface area contributed by atoms with Gasteiger partial charge in [0, 0.05) is 11.8 Å².